The number of amides is 5. The number of H-pyrrole nitrogens is 1. The minimum Gasteiger partial charge on any atom is -0.480 e. The highest BCUT2D eigenvalue weighted by atomic mass is 16.4. The van der Waals surface area contributed by atoms with Crippen LogP contribution in [0.2, 0.25) is 0 Å². The predicted octanol–water partition coefficient (Wildman–Crippen LogP) is -2.80. The summed E-state index contributed by atoms with van der Waals surface area (Å²) in [6.07, 6.45) is 1.61. The number of rotatable bonds is 16. The third-order valence-electron chi connectivity index (χ3n) is 5.58. The zero-order chi connectivity index (χ0) is 28.9. The van der Waals surface area contributed by atoms with Gasteiger partial charge in [0.15, 0.2) is 0 Å². The zero-order valence-electron chi connectivity index (χ0n) is 21.0. The van der Waals surface area contributed by atoms with E-state index in [0.29, 0.717) is 5.69 Å². The van der Waals surface area contributed by atoms with Crippen LogP contribution >= 0.6 is 0 Å². The van der Waals surface area contributed by atoms with E-state index in [-0.39, 0.29) is 25.7 Å². The molecule has 0 saturated heterocycles. The molecule has 11 N–H and O–H groups in total. The Morgan fingerprint density at radius 2 is 1.46 bits per heavy atom. The minimum absolute atomic E-state index is 0.0725. The maximum atomic E-state index is 13.2. The summed E-state index contributed by atoms with van der Waals surface area (Å²) in [5, 5.41) is 16.4. The molecule has 210 valence electrons. The highest BCUT2D eigenvalue weighted by Crippen LogP contribution is 2.06. The minimum atomic E-state index is -1.58. The van der Waals surface area contributed by atoms with Gasteiger partial charge in [-0.15, -0.1) is 0 Å². The van der Waals surface area contributed by atoms with Gasteiger partial charge in [-0.05, 0) is 18.4 Å². The van der Waals surface area contributed by atoms with E-state index in [1.807, 2.05) is 6.07 Å². The lowest BCUT2D eigenvalue weighted by Gasteiger charge is -2.24. The maximum absolute atomic E-state index is 13.2. The molecule has 0 fully saturated rings. The molecule has 0 spiro atoms. The van der Waals surface area contributed by atoms with Crippen molar-refractivity contribution in [2.45, 2.75) is 56.3 Å². The lowest BCUT2D eigenvalue weighted by Crippen LogP contribution is -2.58. The number of nitrogens with two attached hydrogens (primary N) is 3. The number of aromatic amines is 1. The molecular weight excluding hydrogens is 512 g/mol. The first-order chi connectivity index (χ1) is 18.5. The predicted molar refractivity (Wildman–Crippen MR) is 136 cm³/mol. The Kier molecular flexibility index (Phi) is 11.6. The average Bonchev–Trinajstić information content (AvgIpc) is 3.38. The van der Waals surface area contributed by atoms with Crippen molar-refractivity contribution < 1.29 is 33.9 Å². The molecule has 15 heteroatoms. The number of aliphatic carboxylic acids is 1. The molecule has 0 aliphatic heterocycles. The lowest BCUT2D eigenvalue weighted by atomic mass is 10.0. The van der Waals surface area contributed by atoms with Gasteiger partial charge in [-0.2, -0.15) is 0 Å². The van der Waals surface area contributed by atoms with Crippen LogP contribution in [0.5, 0.6) is 0 Å². The second-order valence-electron chi connectivity index (χ2n) is 8.77. The number of carboxylic acids is 1. The van der Waals surface area contributed by atoms with Gasteiger partial charge >= 0.3 is 5.97 Å². The van der Waals surface area contributed by atoms with E-state index in [0.717, 1.165) is 5.56 Å². The molecule has 39 heavy (non-hydrogen) atoms. The van der Waals surface area contributed by atoms with Crippen molar-refractivity contribution in [2.75, 3.05) is 0 Å². The first kappa shape index (κ1) is 30.4. The number of imidazole rings is 1. The van der Waals surface area contributed by atoms with E-state index in [1.54, 1.807) is 24.3 Å². The molecule has 0 saturated carbocycles. The van der Waals surface area contributed by atoms with Crippen molar-refractivity contribution in [2.24, 2.45) is 17.2 Å². The normalized spacial score (nSPS) is 13.8. The molecule has 1 aromatic heterocycles. The number of primary amides is 2. The van der Waals surface area contributed by atoms with Gasteiger partial charge in [-0.25, -0.2) is 9.78 Å². The molecule has 15 nitrogen and oxygen atoms in total. The van der Waals surface area contributed by atoms with Crippen LogP contribution in [0.1, 0.15) is 30.5 Å². The summed E-state index contributed by atoms with van der Waals surface area (Å²) in [6.45, 7) is 0. The third-order valence-corrected chi connectivity index (χ3v) is 5.58. The molecule has 1 heterocycles. The van der Waals surface area contributed by atoms with Crippen LogP contribution in [-0.4, -0.2) is 74.7 Å². The molecule has 0 aliphatic carbocycles. The molecule has 4 unspecified atom stereocenters. The van der Waals surface area contributed by atoms with Gasteiger partial charge in [-0.3, -0.25) is 24.0 Å². The van der Waals surface area contributed by atoms with Gasteiger partial charge in [0.25, 0.3) is 0 Å². The van der Waals surface area contributed by atoms with E-state index in [1.165, 1.54) is 12.5 Å². The van der Waals surface area contributed by atoms with Crippen molar-refractivity contribution in [1.29, 1.82) is 0 Å². The monoisotopic (exact) mass is 544 g/mol. The highest BCUT2D eigenvalue weighted by molar-refractivity contribution is 5.96. The zero-order valence-corrected chi connectivity index (χ0v) is 21.0. The van der Waals surface area contributed by atoms with Crippen LogP contribution in [0.3, 0.4) is 0 Å². The molecule has 2 aromatic rings. The summed E-state index contributed by atoms with van der Waals surface area (Å²) in [6, 6.07) is 3.63. The molecule has 1 aromatic carbocycles. The van der Waals surface area contributed by atoms with Crippen LogP contribution in [0.25, 0.3) is 0 Å². The van der Waals surface area contributed by atoms with Crippen LogP contribution in [0.15, 0.2) is 42.9 Å². The summed E-state index contributed by atoms with van der Waals surface area (Å²) in [4.78, 5) is 79.7. The van der Waals surface area contributed by atoms with Gasteiger partial charge in [0.05, 0.1) is 18.8 Å². The van der Waals surface area contributed by atoms with Crippen LogP contribution in [0, 0.1) is 0 Å². The Bertz CT molecular complexity index is 1160. The lowest BCUT2D eigenvalue weighted by molar-refractivity contribution is -0.142. The average molecular weight is 545 g/mol. The van der Waals surface area contributed by atoms with Gasteiger partial charge < -0.3 is 43.2 Å². The van der Waals surface area contributed by atoms with Gasteiger partial charge in [0.2, 0.25) is 29.5 Å². The Morgan fingerprint density at radius 1 is 0.846 bits per heavy atom. The Balaban J connectivity index is 2.17. The van der Waals surface area contributed by atoms with Crippen LogP contribution in [0.4, 0.5) is 0 Å². The standard InChI is InChI=1S/C24H32N8O7/c25-15(8-13-4-2-1-3-5-13)21(35)31-17(9-14-11-28-12-29-14)22(36)32-18(10-20(27)34)23(37)30-16(24(38)39)6-7-19(26)33/h1-5,11-12,15-18H,6-10,25H2,(H2,26,33)(H2,27,34)(H,28,29)(H,30,37)(H,31,35)(H,32,36)(H,38,39). The number of carboxylic acid groups (broad SMARTS) is 1. The number of nitrogens with one attached hydrogen (secondary N) is 4. The summed E-state index contributed by atoms with van der Waals surface area (Å²) in [5.41, 5.74) is 17.6. The molecule has 0 radical (unpaired) electrons. The third kappa shape index (κ3) is 10.6. The Labute approximate surface area is 223 Å². The van der Waals surface area contributed by atoms with Crippen molar-refractivity contribution in [3.8, 4) is 0 Å². The Morgan fingerprint density at radius 3 is 2.03 bits per heavy atom. The number of aromatic nitrogens is 2. The number of benzene rings is 1. The molecule has 0 aliphatic rings. The smallest absolute Gasteiger partial charge is 0.326 e. The van der Waals surface area contributed by atoms with Crippen molar-refractivity contribution in [3.63, 3.8) is 0 Å². The largest absolute Gasteiger partial charge is 0.480 e. The van der Waals surface area contributed by atoms with E-state index >= 15 is 0 Å². The van der Waals surface area contributed by atoms with E-state index in [9.17, 15) is 33.9 Å². The summed E-state index contributed by atoms with van der Waals surface area (Å²) >= 11 is 0. The van der Waals surface area contributed by atoms with Crippen molar-refractivity contribution in [3.05, 3.63) is 54.1 Å². The number of hydrogen-bond donors (Lipinski definition) is 8. The second-order valence-corrected chi connectivity index (χ2v) is 8.77. The van der Waals surface area contributed by atoms with Gasteiger partial charge in [0, 0.05) is 24.7 Å². The molecular formula is C24H32N8O7. The van der Waals surface area contributed by atoms with Gasteiger partial charge in [-0.1, -0.05) is 30.3 Å². The summed E-state index contributed by atoms with van der Waals surface area (Å²) in [7, 11) is 0. The first-order valence-corrected chi connectivity index (χ1v) is 11.9. The second kappa shape index (κ2) is 14.8. The number of carbonyl (C=O) groups excluding carboxylic acids is 5. The van der Waals surface area contributed by atoms with Crippen LogP contribution in [-0.2, 0) is 41.6 Å². The highest BCUT2D eigenvalue weighted by Gasteiger charge is 2.31. The molecule has 5 amide bonds. The quantitative estimate of drug-likeness (QED) is 0.108. The fourth-order valence-corrected chi connectivity index (χ4v) is 3.56. The molecule has 2 rings (SSSR count). The summed E-state index contributed by atoms with van der Waals surface area (Å²) < 4.78 is 0. The number of nitrogens with zero attached hydrogens (tertiary/aromatic N) is 1. The van der Waals surface area contributed by atoms with Crippen LogP contribution < -0.4 is 33.2 Å². The van der Waals surface area contributed by atoms with E-state index in [4.69, 9.17) is 17.2 Å². The summed E-state index contributed by atoms with van der Waals surface area (Å²) in [5.74, 6) is -5.74. The van der Waals surface area contributed by atoms with E-state index in [2.05, 4.69) is 25.9 Å². The SMILES string of the molecule is NC(=O)CCC(NC(=O)C(CC(N)=O)NC(=O)C(Cc1cnc[nH]1)NC(=O)C(N)Cc1ccccc1)C(=O)O. The molecule has 0 bridgehead atoms. The van der Waals surface area contributed by atoms with E-state index < -0.39 is 66.1 Å². The number of hydrogen-bond acceptors (Lipinski definition) is 8. The Hall–Kier alpha value is -4.79. The number of carbonyl (C=O) groups is 6. The maximum Gasteiger partial charge on any atom is 0.326 e. The first-order valence-electron chi connectivity index (χ1n) is 11.9. The van der Waals surface area contributed by atoms with Crippen molar-refractivity contribution >= 4 is 35.5 Å². The topological polar surface area (TPSA) is 265 Å². The van der Waals surface area contributed by atoms with Gasteiger partial charge in [0.1, 0.15) is 18.1 Å². The molecule has 4 atom stereocenters. The van der Waals surface area contributed by atoms with Crippen molar-refractivity contribution in [1.82, 2.24) is 25.9 Å². The fraction of sp³-hybridized carbons (Fsp3) is 0.375. The fourth-order valence-electron chi connectivity index (χ4n) is 3.56.